The number of thioether (sulfide) groups is 1. The van der Waals surface area contributed by atoms with Gasteiger partial charge in [0.1, 0.15) is 0 Å². The zero-order valence-electron chi connectivity index (χ0n) is 9.07. The van der Waals surface area contributed by atoms with Gasteiger partial charge in [0.05, 0.1) is 0 Å². The maximum absolute atomic E-state index is 6.09. The van der Waals surface area contributed by atoms with Gasteiger partial charge in [-0.05, 0) is 36.8 Å². The van der Waals surface area contributed by atoms with Crippen molar-refractivity contribution in [3.63, 3.8) is 0 Å². The molecule has 0 amide bonds. The highest BCUT2D eigenvalue weighted by Gasteiger charge is 2.21. The molecule has 1 aromatic rings. The third-order valence-electron chi connectivity index (χ3n) is 2.75. The molecule has 1 unspecified atom stereocenters. The van der Waals surface area contributed by atoms with Crippen LogP contribution in [-0.2, 0) is 0 Å². The van der Waals surface area contributed by atoms with Gasteiger partial charge in [0.25, 0.3) is 0 Å². The fraction of sp³-hybridized carbons (Fsp3) is 0.500. The predicted octanol–water partition coefficient (Wildman–Crippen LogP) is 2.16. The number of benzene rings is 1. The van der Waals surface area contributed by atoms with E-state index in [1.54, 1.807) is 11.8 Å². The standard InChI is InChI=1S/C12H18N2S/c1-15-11-6-2-9(3-7-11)12(13)8-14-10-4-5-10/h2-3,6-7,10,12,14H,4-5,8,13H2,1H3. The summed E-state index contributed by atoms with van der Waals surface area (Å²) in [4.78, 5) is 1.29. The zero-order chi connectivity index (χ0) is 10.7. The lowest BCUT2D eigenvalue weighted by Crippen LogP contribution is -2.28. The molecule has 1 aromatic carbocycles. The van der Waals surface area contributed by atoms with Gasteiger partial charge in [0, 0.05) is 23.5 Å². The van der Waals surface area contributed by atoms with E-state index < -0.39 is 0 Å². The van der Waals surface area contributed by atoms with Crippen molar-refractivity contribution < 1.29 is 0 Å². The van der Waals surface area contributed by atoms with Crippen molar-refractivity contribution in [1.82, 2.24) is 5.32 Å². The molecule has 3 N–H and O–H groups in total. The third kappa shape index (κ3) is 3.23. The van der Waals surface area contributed by atoms with E-state index >= 15 is 0 Å². The molecule has 1 saturated carbocycles. The minimum absolute atomic E-state index is 0.126. The Balaban J connectivity index is 1.88. The first-order valence-corrected chi connectivity index (χ1v) is 6.65. The van der Waals surface area contributed by atoms with Crippen molar-refractivity contribution in [2.45, 2.75) is 29.8 Å². The van der Waals surface area contributed by atoms with Crippen molar-refractivity contribution in [2.75, 3.05) is 12.8 Å². The molecule has 3 heteroatoms. The SMILES string of the molecule is CSc1ccc(C(N)CNC2CC2)cc1. The van der Waals surface area contributed by atoms with Gasteiger partial charge >= 0.3 is 0 Å². The van der Waals surface area contributed by atoms with Crippen LogP contribution in [0, 0.1) is 0 Å². The summed E-state index contributed by atoms with van der Waals surface area (Å²) in [6.45, 7) is 0.892. The maximum atomic E-state index is 6.09. The van der Waals surface area contributed by atoms with Gasteiger partial charge in [0.15, 0.2) is 0 Å². The molecule has 0 radical (unpaired) electrons. The molecular formula is C12H18N2S. The quantitative estimate of drug-likeness (QED) is 0.750. The number of hydrogen-bond acceptors (Lipinski definition) is 3. The smallest absolute Gasteiger partial charge is 0.0421 e. The van der Waals surface area contributed by atoms with Crippen LogP contribution in [-0.4, -0.2) is 18.8 Å². The van der Waals surface area contributed by atoms with Crippen LogP contribution in [0.4, 0.5) is 0 Å². The van der Waals surface area contributed by atoms with Crippen LogP contribution in [0.1, 0.15) is 24.4 Å². The summed E-state index contributed by atoms with van der Waals surface area (Å²) in [5.41, 5.74) is 7.32. The number of rotatable bonds is 5. The lowest BCUT2D eigenvalue weighted by Gasteiger charge is -2.13. The minimum Gasteiger partial charge on any atom is -0.323 e. The lowest BCUT2D eigenvalue weighted by molar-refractivity contribution is 0.595. The lowest BCUT2D eigenvalue weighted by atomic mass is 10.1. The van der Waals surface area contributed by atoms with Gasteiger partial charge in [-0.3, -0.25) is 0 Å². The first-order valence-electron chi connectivity index (χ1n) is 5.42. The number of hydrogen-bond donors (Lipinski definition) is 2. The molecule has 82 valence electrons. The van der Waals surface area contributed by atoms with Crippen LogP contribution in [0.5, 0.6) is 0 Å². The Morgan fingerprint density at radius 3 is 2.60 bits per heavy atom. The molecule has 0 aliphatic heterocycles. The van der Waals surface area contributed by atoms with E-state index in [2.05, 4.69) is 35.8 Å². The van der Waals surface area contributed by atoms with Gasteiger partial charge in [-0.15, -0.1) is 11.8 Å². The van der Waals surface area contributed by atoms with Crippen LogP contribution < -0.4 is 11.1 Å². The average molecular weight is 222 g/mol. The highest BCUT2D eigenvalue weighted by atomic mass is 32.2. The van der Waals surface area contributed by atoms with E-state index in [0.29, 0.717) is 0 Å². The Labute approximate surface area is 95.6 Å². The van der Waals surface area contributed by atoms with E-state index in [0.717, 1.165) is 12.6 Å². The first kappa shape index (κ1) is 11.0. The van der Waals surface area contributed by atoms with Gasteiger partial charge < -0.3 is 11.1 Å². The Hall–Kier alpha value is -0.510. The minimum atomic E-state index is 0.126. The Bertz CT molecular complexity index is 306. The Morgan fingerprint density at radius 1 is 1.40 bits per heavy atom. The Morgan fingerprint density at radius 2 is 2.07 bits per heavy atom. The van der Waals surface area contributed by atoms with Crippen LogP contribution >= 0.6 is 11.8 Å². The predicted molar refractivity (Wildman–Crippen MR) is 66.2 cm³/mol. The number of nitrogens with two attached hydrogens (primary N) is 1. The normalized spacial score (nSPS) is 17.7. The van der Waals surface area contributed by atoms with Crippen molar-refractivity contribution in [1.29, 1.82) is 0 Å². The molecule has 0 bridgehead atoms. The van der Waals surface area contributed by atoms with Crippen molar-refractivity contribution in [3.8, 4) is 0 Å². The van der Waals surface area contributed by atoms with Crippen LogP contribution in [0.15, 0.2) is 29.2 Å². The van der Waals surface area contributed by atoms with Gasteiger partial charge in [0.2, 0.25) is 0 Å². The summed E-state index contributed by atoms with van der Waals surface area (Å²) in [6.07, 6.45) is 4.72. The topological polar surface area (TPSA) is 38.0 Å². The largest absolute Gasteiger partial charge is 0.323 e. The van der Waals surface area contributed by atoms with Crippen molar-refractivity contribution in [3.05, 3.63) is 29.8 Å². The fourth-order valence-electron chi connectivity index (χ4n) is 1.55. The van der Waals surface area contributed by atoms with E-state index in [1.807, 2.05) is 0 Å². The second-order valence-electron chi connectivity index (χ2n) is 4.06. The molecule has 2 rings (SSSR count). The molecule has 0 heterocycles. The second-order valence-corrected chi connectivity index (χ2v) is 4.94. The van der Waals surface area contributed by atoms with E-state index in [-0.39, 0.29) is 6.04 Å². The molecule has 2 nitrogen and oxygen atoms in total. The highest BCUT2D eigenvalue weighted by Crippen LogP contribution is 2.21. The number of nitrogens with one attached hydrogen (secondary N) is 1. The molecule has 0 aromatic heterocycles. The molecule has 0 spiro atoms. The molecule has 1 aliphatic carbocycles. The first-order chi connectivity index (χ1) is 7.29. The van der Waals surface area contributed by atoms with Gasteiger partial charge in [-0.1, -0.05) is 12.1 Å². The van der Waals surface area contributed by atoms with E-state index in [4.69, 9.17) is 5.73 Å². The Kier molecular flexibility index (Phi) is 3.67. The fourth-order valence-corrected chi connectivity index (χ4v) is 1.96. The monoisotopic (exact) mass is 222 g/mol. The summed E-state index contributed by atoms with van der Waals surface area (Å²) in [5.74, 6) is 0. The molecule has 1 atom stereocenters. The van der Waals surface area contributed by atoms with Gasteiger partial charge in [-0.2, -0.15) is 0 Å². The summed E-state index contributed by atoms with van der Waals surface area (Å²) in [7, 11) is 0. The summed E-state index contributed by atoms with van der Waals surface area (Å²) < 4.78 is 0. The zero-order valence-corrected chi connectivity index (χ0v) is 9.89. The van der Waals surface area contributed by atoms with E-state index in [9.17, 15) is 0 Å². The van der Waals surface area contributed by atoms with E-state index in [1.165, 1.54) is 23.3 Å². The van der Waals surface area contributed by atoms with Crippen molar-refractivity contribution >= 4 is 11.8 Å². The second kappa shape index (κ2) is 5.01. The highest BCUT2D eigenvalue weighted by molar-refractivity contribution is 7.98. The van der Waals surface area contributed by atoms with Crippen LogP contribution in [0.2, 0.25) is 0 Å². The average Bonchev–Trinajstić information content (AvgIpc) is 3.10. The summed E-state index contributed by atoms with van der Waals surface area (Å²) in [5, 5.41) is 3.45. The van der Waals surface area contributed by atoms with Crippen LogP contribution in [0.25, 0.3) is 0 Å². The molecule has 0 saturated heterocycles. The van der Waals surface area contributed by atoms with Gasteiger partial charge in [-0.25, -0.2) is 0 Å². The summed E-state index contributed by atoms with van der Waals surface area (Å²) in [6, 6.07) is 9.40. The van der Waals surface area contributed by atoms with Crippen molar-refractivity contribution in [2.24, 2.45) is 5.73 Å². The molecule has 1 aliphatic rings. The third-order valence-corrected chi connectivity index (χ3v) is 3.49. The maximum Gasteiger partial charge on any atom is 0.0421 e. The molecule has 15 heavy (non-hydrogen) atoms. The summed E-state index contributed by atoms with van der Waals surface area (Å²) >= 11 is 1.76. The van der Waals surface area contributed by atoms with Crippen LogP contribution in [0.3, 0.4) is 0 Å². The molecular weight excluding hydrogens is 204 g/mol. The molecule has 1 fully saturated rings.